The topological polar surface area (TPSA) is 96.3 Å². The molecule has 8 heteroatoms. The van der Waals surface area contributed by atoms with Crippen LogP contribution < -0.4 is 16.0 Å². The van der Waals surface area contributed by atoms with Gasteiger partial charge in [0, 0.05) is 11.3 Å². The second-order valence-electron chi connectivity index (χ2n) is 6.73. The molecular weight excluding hydrogens is 400 g/mol. The smallest absolute Gasteiger partial charge is 0.315 e. The monoisotopic (exact) mass is 420 g/mol. The highest BCUT2D eigenvalue weighted by atomic mass is 32.1. The summed E-state index contributed by atoms with van der Waals surface area (Å²) in [5.74, 6) is 0.323. The zero-order chi connectivity index (χ0) is 20.9. The van der Waals surface area contributed by atoms with Crippen molar-refractivity contribution in [2.24, 2.45) is 0 Å². The van der Waals surface area contributed by atoms with Crippen molar-refractivity contribution in [2.75, 3.05) is 11.9 Å². The molecule has 0 aliphatic rings. The number of hydrogen-bond acceptors (Lipinski definition) is 5. The van der Waals surface area contributed by atoms with Gasteiger partial charge >= 0.3 is 6.03 Å². The van der Waals surface area contributed by atoms with Crippen LogP contribution in [0.5, 0.6) is 0 Å². The summed E-state index contributed by atoms with van der Waals surface area (Å²) in [4.78, 5) is 28.5. The van der Waals surface area contributed by atoms with E-state index in [0.717, 1.165) is 20.8 Å². The number of urea groups is 1. The molecule has 0 fully saturated rings. The van der Waals surface area contributed by atoms with E-state index in [1.165, 1.54) is 11.8 Å². The van der Waals surface area contributed by atoms with Crippen LogP contribution in [-0.4, -0.2) is 23.5 Å². The summed E-state index contributed by atoms with van der Waals surface area (Å²) >= 11 is 1.64. The normalized spacial score (nSPS) is 10.7. The summed E-state index contributed by atoms with van der Waals surface area (Å²) < 4.78 is 6.28. The Morgan fingerprint density at radius 3 is 2.67 bits per heavy atom. The number of rotatable bonds is 6. The quantitative estimate of drug-likeness (QED) is 0.433. The van der Waals surface area contributed by atoms with E-state index in [1.807, 2.05) is 30.3 Å². The van der Waals surface area contributed by atoms with Gasteiger partial charge in [-0.05, 0) is 61.0 Å². The van der Waals surface area contributed by atoms with Crippen LogP contribution in [0.25, 0.3) is 20.8 Å². The number of thiazole rings is 1. The molecule has 0 spiro atoms. The van der Waals surface area contributed by atoms with Crippen LogP contribution in [0.1, 0.15) is 11.3 Å². The third-order valence-electron chi connectivity index (χ3n) is 4.37. The minimum atomic E-state index is -0.442. The van der Waals surface area contributed by atoms with Crippen LogP contribution >= 0.6 is 11.3 Å². The Bertz CT molecular complexity index is 1170. The van der Waals surface area contributed by atoms with E-state index >= 15 is 0 Å². The Kier molecular flexibility index (Phi) is 5.76. The van der Waals surface area contributed by atoms with Crippen molar-refractivity contribution in [3.63, 3.8) is 0 Å². The van der Waals surface area contributed by atoms with Crippen molar-refractivity contribution in [1.82, 2.24) is 15.6 Å². The number of aryl methyl sites for hydroxylation is 1. The number of furan rings is 1. The van der Waals surface area contributed by atoms with Crippen LogP contribution in [0.4, 0.5) is 10.5 Å². The lowest BCUT2D eigenvalue weighted by Crippen LogP contribution is -2.39. The van der Waals surface area contributed by atoms with Gasteiger partial charge in [-0.3, -0.25) is 4.79 Å². The number of nitrogens with one attached hydrogen (secondary N) is 3. The number of nitrogens with zero attached hydrogens (tertiary/aromatic N) is 1. The number of aromatic nitrogens is 1. The molecule has 2 aromatic carbocycles. The van der Waals surface area contributed by atoms with Crippen LogP contribution in [0, 0.1) is 6.92 Å². The number of carbonyl (C=O) groups is 2. The average molecular weight is 420 g/mol. The summed E-state index contributed by atoms with van der Waals surface area (Å²) in [7, 11) is 0. The van der Waals surface area contributed by atoms with E-state index in [-0.39, 0.29) is 19.0 Å². The van der Waals surface area contributed by atoms with Gasteiger partial charge in [0.05, 0.1) is 29.6 Å². The van der Waals surface area contributed by atoms with Crippen molar-refractivity contribution in [1.29, 1.82) is 0 Å². The van der Waals surface area contributed by atoms with Gasteiger partial charge in [-0.2, -0.15) is 0 Å². The van der Waals surface area contributed by atoms with E-state index in [4.69, 9.17) is 4.42 Å². The highest BCUT2D eigenvalue weighted by molar-refractivity contribution is 7.21. The summed E-state index contributed by atoms with van der Waals surface area (Å²) in [6.45, 7) is 2.18. The number of hydrogen-bond donors (Lipinski definition) is 3. The van der Waals surface area contributed by atoms with E-state index in [2.05, 4.69) is 40.0 Å². The Morgan fingerprint density at radius 1 is 1.07 bits per heavy atom. The molecule has 0 aliphatic carbocycles. The Hall–Kier alpha value is -3.65. The van der Waals surface area contributed by atoms with Gasteiger partial charge in [-0.1, -0.05) is 6.07 Å². The van der Waals surface area contributed by atoms with Gasteiger partial charge in [0.2, 0.25) is 5.91 Å². The fourth-order valence-corrected chi connectivity index (χ4v) is 3.93. The molecule has 0 aliphatic heterocycles. The molecule has 0 saturated carbocycles. The molecule has 3 N–H and O–H groups in total. The summed E-state index contributed by atoms with van der Waals surface area (Å²) in [5, 5.41) is 8.82. The minimum Gasteiger partial charge on any atom is -0.467 e. The number of amides is 3. The van der Waals surface area contributed by atoms with Crippen LogP contribution in [0.3, 0.4) is 0 Å². The molecule has 2 aromatic heterocycles. The van der Waals surface area contributed by atoms with Gasteiger partial charge in [0.25, 0.3) is 0 Å². The Balaban J connectivity index is 1.29. The zero-order valence-corrected chi connectivity index (χ0v) is 17.1. The highest BCUT2D eigenvalue weighted by Gasteiger charge is 2.09. The van der Waals surface area contributed by atoms with Gasteiger partial charge in [0.15, 0.2) is 0 Å². The molecular formula is C22H20N4O3S. The zero-order valence-electron chi connectivity index (χ0n) is 16.3. The molecule has 152 valence electrons. The van der Waals surface area contributed by atoms with Crippen molar-refractivity contribution in [2.45, 2.75) is 13.5 Å². The minimum absolute atomic E-state index is 0.136. The van der Waals surface area contributed by atoms with Gasteiger partial charge in [-0.25, -0.2) is 9.78 Å². The molecule has 0 saturated heterocycles. The molecule has 30 heavy (non-hydrogen) atoms. The Morgan fingerprint density at radius 2 is 1.90 bits per heavy atom. The van der Waals surface area contributed by atoms with Crippen molar-refractivity contribution >= 4 is 39.2 Å². The van der Waals surface area contributed by atoms with Crippen LogP contribution in [-0.2, 0) is 11.3 Å². The standard InChI is InChI=1S/C22H20N4O3S/c1-14-4-9-18-19(11-14)30-21(26-18)15-5-7-16(8-6-15)25-20(27)13-24-22(28)23-12-17-3-2-10-29-17/h2-11H,12-13H2,1H3,(H,25,27)(H2,23,24,28). The number of anilines is 1. The van der Waals surface area contributed by atoms with E-state index in [9.17, 15) is 9.59 Å². The first-order valence-corrected chi connectivity index (χ1v) is 10.2. The van der Waals surface area contributed by atoms with Gasteiger partial charge in [-0.15, -0.1) is 11.3 Å². The molecule has 0 unspecified atom stereocenters. The van der Waals surface area contributed by atoms with Crippen LogP contribution in [0.2, 0.25) is 0 Å². The largest absolute Gasteiger partial charge is 0.467 e. The lowest BCUT2D eigenvalue weighted by atomic mass is 10.2. The maximum atomic E-state index is 12.1. The first-order valence-electron chi connectivity index (χ1n) is 9.38. The average Bonchev–Trinajstić information content (AvgIpc) is 3.40. The number of fused-ring (bicyclic) bond motifs is 1. The number of carbonyl (C=O) groups excluding carboxylic acids is 2. The molecule has 7 nitrogen and oxygen atoms in total. The third-order valence-corrected chi connectivity index (χ3v) is 5.44. The lowest BCUT2D eigenvalue weighted by molar-refractivity contribution is -0.115. The van der Waals surface area contributed by atoms with Gasteiger partial charge in [0.1, 0.15) is 10.8 Å². The fraction of sp³-hybridized carbons (Fsp3) is 0.136. The molecule has 3 amide bonds. The number of benzene rings is 2. The van der Waals surface area contributed by atoms with Crippen molar-refractivity contribution in [3.05, 3.63) is 72.2 Å². The molecule has 2 heterocycles. The lowest BCUT2D eigenvalue weighted by Gasteiger charge is -2.08. The second-order valence-corrected chi connectivity index (χ2v) is 7.76. The first-order chi connectivity index (χ1) is 14.6. The van der Waals surface area contributed by atoms with E-state index < -0.39 is 6.03 Å². The predicted molar refractivity (Wildman–Crippen MR) is 117 cm³/mol. The van der Waals surface area contributed by atoms with Crippen LogP contribution in [0.15, 0.2) is 65.3 Å². The van der Waals surface area contributed by atoms with Crippen molar-refractivity contribution < 1.29 is 14.0 Å². The van der Waals surface area contributed by atoms with E-state index in [0.29, 0.717) is 11.4 Å². The van der Waals surface area contributed by atoms with Crippen molar-refractivity contribution in [3.8, 4) is 10.6 Å². The molecule has 0 radical (unpaired) electrons. The fourth-order valence-electron chi connectivity index (χ4n) is 2.86. The maximum Gasteiger partial charge on any atom is 0.315 e. The highest BCUT2D eigenvalue weighted by Crippen LogP contribution is 2.31. The van der Waals surface area contributed by atoms with E-state index in [1.54, 1.807) is 23.5 Å². The van der Waals surface area contributed by atoms with Gasteiger partial charge < -0.3 is 20.4 Å². The molecule has 0 atom stereocenters. The molecule has 0 bridgehead atoms. The third kappa shape index (κ3) is 4.84. The SMILES string of the molecule is Cc1ccc2nc(-c3ccc(NC(=O)CNC(=O)NCc4ccco4)cc3)sc2c1. The maximum absolute atomic E-state index is 12.1. The molecule has 4 rings (SSSR count). The summed E-state index contributed by atoms with van der Waals surface area (Å²) in [6, 6.07) is 16.7. The predicted octanol–water partition coefficient (Wildman–Crippen LogP) is 4.30. The Labute approximate surface area is 177 Å². The second kappa shape index (κ2) is 8.79. The summed E-state index contributed by atoms with van der Waals surface area (Å²) in [5.41, 5.74) is 3.83. The molecule has 4 aromatic rings. The first kappa shape index (κ1) is 19.7. The summed E-state index contributed by atoms with van der Waals surface area (Å²) in [6.07, 6.45) is 1.53.